The van der Waals surface area contributed by atoms with Crippen LogP contribution in [0.25, 0.3) is 11.5 Å². The highest BCUT2D eigenvalue weighted by atomic mass is 16.5. The molecule has 0 saturated heterocycles. The largest absolute Gasteiger partial charge is 0.450 e. The molecule has 2 heterocycles. The highest BCUT2D eigenvalue weighted by molar-refractivity contribution is 5.81. The number of hydrogen-bond acceptors (Lipinski definition) is 6. The Hall–Kier alpha value is -2.90. The van der Waals surface area contributed by atoms with Crippen molar-refractivity contribution in [1.29, 1.82) is 0 Å². The summed E-state index contributed by atoms with van der Waals surface area (Å²) < 4.78 is 10.2. The average Bonchev–Trinajstić information content (AvgIpc) is 3.01. The molecule has 8 nitrogen and oxygen atoms in total. The molecule has 0 spiro atoms. The van der Waals surface area contributed by atoms with Crippen molar-refractivity contribution in [3.63, 3.8) is 0 Å². The molecule has 126 valence electrons. The molecule has 0 saturated carbocycles. The van der Waals surface area contributed by atoms with Crippen molar-refractivity contribution in [2.75, 3.05) is 18.1 Å². The molecular weight excluding hydrogens is 312 g/mol. The molecule has 1 atom stereocenters. The van der Waals surface area contributed by atoms with E-state index in [0.29, 0.717) is 31.3 Å². The van der Waals surface area contributed by atoms with Crippen molar-refractivity contribution < 1.29 is 18.8 Å². The molecule has 0 fully saturated rings. The minimum atomic E-state index is -0.480. The maximum Gasteiger partial charge on any atom is 0.407 e. The second-order valence-corrected chi connectivity index (χ2v) is 5.43. The Labute approximate surface area is 138 Å². The molecule has 0 radical (unpaired) electrons. The first kappa shape index (κ1) is 16.0. The number of amides is 2. The molecule has 1 aromatic carbocycles. The molecule has 1 unspecified atom stereocenters. The van der Waals surface area contributed by atoms with Crippen LogP contribution in [0.2, 0.25) is 0 Å². The Kier molecular flexibility index (Phi) is 4.45. The van der Waals surface area contributed by atoms with Crippen LogP contribution in [0.4, 0.5) is 10.5 Å². The van der Waals surface area contributed by atoms with Crippen LogP contribution < -0.4 is 10.2 Å². The molecular formula is C16H18N4O4. The lowest BCUT2D eigenvalue weighted by Gasteiger charge is -2.32. The Morgan fingerprint density at radius 3 is 3.04 bits per heavy atom. The molecule has 0 aliphatic carbocycles. The highest BCUT2D eigenvalue weighted by Crippen LogP contribution is 2.36. The van der Waals surface area contributed by atoms with Gasteiger partial charge in [0, 0.05) is 17.8 Å². The lowest BCUT2D eigenvalue weighted by atomic mass is 9.94. The Balaban J connectivity index is 1.97. The van der Waals surface area contributed by atoms with E-state index < -0.39 is 6.09 Å². The van der Waals surface area contributed by atoms with E-state index in [2.05, 4.69) is 15.5 Å². The highest BCUT2D eigenvalue weighted by Gasteiger charge is 2.27. The van der Waals surface area contributed by atoms with Gasteiger partial charge in [0.15, 0.2) is 5.82 Å². The molecule has 1 aliphatic heterocycles. The number of anilines is 1. The number of fused-ring (bicyclic) bond motifs is 1. The Bertz CT molecular complexity index is 758. The van der Waals surface area contributed by atoms with Crippen molar-refractivity contribution in [2.45, 2.75) is 26.3 Å². The van der Waals surface area contributed by atoms with E-state index in [1.54, 1.807) is 18.7 Å². The smallest absolute Gasteiger partial charge is 0.407 e. The maximum absolute atomic E-state index is 11.8. The van der Waals surface area contributed by atoms with Crippen molar-refractivity contribution in [1.82, 2.24) is 15.5 Å². The second kappa shape index (κ2) is 6.69. The average molecular weight is 330 g/mol. The van der Waals surface area contributed by atoms with Crippen molar-refractivity contribution in [3.05, 3.63) is 29.6 Å². The summed E-state index contributed by atoms with van der Waals surface area (Å²) in [6.45, 7) is 4.31. The molecule has 1 aliphatic rings. The number of carbonyl (C=O) groups is 2. The summed E-state index contributed by atoms with van der Waals surface area (Å²) in [6.07, 6.45) is 0.902. The van der Waals surface area contributed by atoms with Crippen molar-refractivity contribution >= 4 is 18.2 Å². The van der Waals surface area contributed by atoms with Gasteiger partial charge in [-0.15, -0.1) is 0 Å². The van der Waals surface area contributed by atoms with Gasteiger partial charge in [-0.05, 0) is 44.0 Å². The summed E-state index contributed by atoms with van der Waals surface area (Å²) in [7, 11) is 0. The van der Waals surface area contributed by atoms with Gasteiger partial charge in [-0.1, -0.05) is 5.16 Å². The third-order valence-corrected chi connectivity index (χ3v) is 3.84. The third kappa shape index (κ3) is 3.08. The summed E-state index contributed by atoms with van der Waals surface area (Å²) in [5.74, 6) is 0.937. The number of aryl methyl sites for hydroxylation is 1. The molecule has 2 amide bonds. The molecule has 0 bridgehead atoms. The van der Waals surface area contributed by atoms with Crippen LogP contribution in [0.3, 0.4) is 0 Å². The number of benzene rings is 1. The van der Waals surface area contributed by atoms with Gasteiger partial charge in [-0.3, -0.25) is 4.79 Å². The Morgan fingerprint density at radius 2 is 2.38 bits per heavy atom. The Morgan fingerprint density at radius 1 is 1.54 bits per heavy atom. The van der Waals surface area contributed by atoms with Crippen LogP contribution in [0.1, 0.15) is 30.8 Å². The standard InChI is InChI=1S/C16H18N4O4/c1-3-23-16(22)18-13-6-7-20(9-21)14-5-4-11(8-12(13)14)15-17-10(2)19-24-15/h4-5,8-9,13H,3,6-7H2,1-2H3,(H,18,22). The zero-order chi connectivity index (χ0) is 17.1. The second-order valence-electron chi connectivity index (χ2n) is 5.43. The van der Waals surface area contributed by atoms with Crippen LogP contribution in [0.5, 0.6) is 0 Å². The fourth-order valence-corrected chi connectivity index (χ4v) is 2.76. The zero-order valence-electron chi connectivity index (χ0n) is 13.5. The van der Waals surface area contributed by atoms with E-state index in [9.17, 15) is 9.59 Å². The monoisotopic (exact) mass is 330 g/mol. The van der Waals surface area contributed by atoms with E-state index in [-0.39, 0.29) is 6.04 Å². The summed E-state index contributed by atoms with van der Waals surface area (Å²) in [5, 5.41) is 6.62. The van der Waals surface area contributed by atoms with Crippen LogP contribution in [-0.2, 0) is 9.53 Å². The molecule has 1 N–H and O–H groups in total. The number of alkyl carbamates (subject to hydrolysis) is 1. The van der Waals surface area contributed by atoms with E-state index in [1.165, 1.54) is 0 Å². The fourth-order valence-electron chi connectivity index (χ4n) is 2.76. The van der Waals surface area contributed by atoms with Crippen LogP contribution in [-0.4, -0.2) is 35.8 Å². The lowest BCUT2D eigenvalue weighted by molar-refractivity contribution is -0.107. The van der Waals surface area contributed by atoms with Gasteiger partial charge in [-0.25, -0.2) is 4.79 Å². The summed E-state index contributed by atoms with van der Waals surface area (Å²) in [6, 6.07) is 5.24. The topological polar surface area (TPSA) is 97.6 Å². The molecule has 1 aromatic heterocycles. The number of carbonyl (C=O) groups excluding carboxylic acids is 2. The SMILES string of the molecule is CCOC(=O)NC1CCN(C=O)c2ccc(-c3nc(C)no3)cc21. The van der Waals surface area contributed by atoms with Crippen LogP contribution in [0, 0.1) is 6.92 Å². The van der Waals surface area contributed by atoms with Gasteiger partial charge in [0.1, 0.15) is 0 Å². The van der Waals surface area contributed by atoms with E-state index in [0.717, 1.165) is 23.2 Å². The first-order valence-corrected chi connectivity index (χ1v) is 7.72. The van der Waals surface area contributed by atoms with Gasteiger partial charge in [0.25, 0.3) is 5.89 Å². The van der Waals surface area contributed by atoms with Crippen molar-refractivity contribution in [2.24, 2.45) is 0 Å². The number of nitrogens with one attached hydrogen (secondary N) is 1. The maximum atomic E-state index is 11.8. The normalized spacial score (nSPS) is 16.4. The number of rotatable bonds is 4. The van der Waals surface area contributed by atoms with Gasteiger partial charge in [-0.2, -0.15) is 4.98 Å². The molecule has 24 heavy (non-hydrogen) atoms. The lowest BCUT2D eigenvalue weighted by Crippen LogP contribution is -2.37. The predicted molar refractivity (Wildman–Crippen MR) is 85.4 cm³/mol. The fraction of sp³-hybridized carbons (Fsp3) is 0.375. The summed E-state index contributed by atoms with van der Waals surface area (Å²) in [5.41, 5.74) is 2.30. The van der Waals surface area contributed by atoms with Crippen molar-refractivity contribution in [3.8, 4) is 11.5 Å². The van der Waals surface area contributed by atoms with Gasteiger partial charge >= 0.3 is 6.09 Å². The van der Waals surface area contributed by atoms with Gasteiger partial charge in [0.05, 0.1) is 12.6 Å². The minimum absolute atomic E-state index is 0.251. The first-order chi connectivity index (χ1) is 11.6. The zero-order valence-corrected chi connectivity index (χ0v) is 13.5. The minimum Gasteiger partial charge on any atom is -0.450 e. The van der Waals surface area contributed by atoms with Crippen LogP contribution in [0.15, 0.2) is 22.7 Å². The molecule has 2 aromatic rings. The van der Waals surface area contributed by atoms with Gasteiger partial charge in [0.2, 0.25) is 6.41 Å². The first-order valence-electron chi connectivity index (χ1n) is 7.72. The number of aromatic nitrogens is 2. The molecule has 8 heteroatoms. The number of nitrogens with zero attached hydrogens (tertiary/aromatic N) is 3. The number of ether oxygens (including phenoxy) is 1. The number of hydrogen-bond donors (Lipinski definition) is 1. The summed E-state index contributed by atoms with van der Waals surface area (Å²) in [4.78, 5) is 28.9. The summed E-state index contributed by atoms with van der Waals surface area (Å²) >= 11 is 0. The molecule has 3 rings (SSSR count). The van der Waals surface area contributed by atoms with Crippen LogP contribution >= 0.6 is 0 Å². The van der Waals surface area contributed by atoms with E-state index in [4.69, 9.17) is 9.26 Å². The van der Waals surface area contributed by atoms with E-state index >= 15 is 0 Å². The predicted octanol–water partition coefficient (Wildman–Crippen LogP) is 2.20. The quantitative estimate of drug-likeness (QED) is 0.863. The van der Waals surface area contributed by atoms with E-state index in [1.807, 2.05) is 18.2 Å². The van der Waals surface area contributed by atoms with Gasteiger partial charge < -0.3 is 19.5 Å². The third-order valence-electron chi connectivity index (χ3n) is 3.84.